The van der Waals surface area contributed by atoms with Crippen LogP contribution in [-0.2, 0) is 22.1 Å². The Bertz CT molecular complexity index is 820. The van der Waals surface area contributed by atoms with E-state index >= 15 is 0 Å². The van der Waals surface area contributed by atoms with E-state index in [1.54, 1.807) is 18.7 Å². The maximum atomic E-state index is 13.1. The number of ether oxygens (including phenoxy) is 1. The van der Waals surface area contributed by atoms with Gasteiger partial charge in [0.25, 0.3) is 0 Å². The predicted molar refractivity (Wildman–Crippen MR) is 96.8 cm³/mol. The van der Waals surface area contributed by atoms with Crippen LogP contribution >= 0.6 is 0 Å². The van der Waals surface area contributed by atoms with Crippen molar-refractivity contribution < 1.29 is 27.5 Å². The van der Waals surface area contributed by atoms with Crippen LogP contribution < -0.4 is 15.5 Å². The highest BCUT2D eigenvalue weighted by Gasteiger charge is 2.34. The van der Waals surface area contributed by atoms with E-state index in [9.17, 15) is 22.8 Å². The van der Waals surface area contributed by atoms with Crippen LogP contribution in [-0.4, -0.2) is 37.7 Å². The van der Waals surface area contributed by atoms with Gasteiger partial charge >= 0.3 is 18.2 Å². The van der Waals surface area contributed by atoms with Crippen LogP contribution in [0.4, 0.5) is 23.7 Å². The summed E-state index contributed by atoms with van der Waals surface area (Å²) in [6.45, 7) is 4.15. The summed E-state index contributed by atoms with van der Waals surface area (Å²) >= 11 is 0. The average molecular weight is 397 g/mol. The molecule has 2 N–H and O–H groups in total. The lowest BCUT2D eigenvalue weighted by Crippen LogP contribution is -2.51. The van der Waals surface area contributed by atoms with Gasteiger partial charge in [0.1, 0.15) is 0 Å². The van der Waals surface area contributed by atoms with Crippen LogP contribution in [0.1, 0.15) is 31.4 Å². The summed E-state index contributed by atoms with van der Waals surface area (Å²) in [5.41, 5.74) is 1.18. The number of benzene rings is 1. The Balaban J connectivity index is 1.97. The molecule has 152 valence electrons. The average Bonchev–Trinajstić information content (AvgIpc) is 2.60. The lowest BCUT2D eigenvalue weighted by atomic mass is 9.98. The van der Waals surface area contributed by atoms with Gasteiger partial charge in [0.2, 0.25) is 0 Å². The monoisotopic (exact) mass is 397 g/mol. The molecule has 0 bridgehead atoms. The van der Waals surface area contributed by atoms with E-state index in [1.807, 2.05) is 0 Å². The van der Waals surface area contributed by atoms with E-state index in [1.165, 1.54) is 6.07 Å². The maximum Gasteiger partial charge on any atom is 0.416 e. The van der Waals surface area contributed by atoms with Crippen molar-refractivity contribution in [2.75, 3.05) is 24.6 Å². The molecule has 0 spiro atoms. The fourth-order valence-corrected chi connectivity index (χ4v) is 3.59. The molecule has 0 saturated carbocycles. The molecule has 2 aliphatic heterocycles. The van der Waals surface area contributed by atoms with E-state index in [0.29, 0.717) is 24.4 Å². The van der Waals surface area contributed by atoms with Gasteiger partial charge in [-0.05, 0) is 44.4 Å². The molecule has 28 heavy (non-hydrogen) atoms. The highest BCUT2D eigenvalue weighted by molar-refractivity contribution is 5.95. The third-order valence-corrected chi connectivity index (χ3v) is 4.84. The topological polar surface area (TPSA) is 70.7 Å². The molecule has 1 aromatic carbocycles. The highest BCUT2D eigenvalue weighted by atomic mass is 19.4. The normalized spacial score (nSPS) is 19.7. The summed E-state index contributed by atoms with van der Waals surface area (Å²) in [6, 6.07) is 2.69. The standard InChI is InChI=1S/C19H22F3N3O3/c1-3-28-17(26)16-11(2)23-18(27)24-14(16)10-25-8-4-5-12-6-7-13(9-15(12)25)19(20,21)22/h6-7,9,11H,3-5,8,10H2,1-2H3,(H2,23,24,27)/t11-/m1/s1. The van der Waals surface area contributed by atoms with Gasteiger partial charge in [0.15, 0.2) is 0 Å². The Kier molecular flexibility index (Phi) is 5.53. The van der Waals surface area contributed by atoms with Crippen LogP contribution in [0.25, 0.3) is 0 Å². The number of alkyl halides is 3. The van der Waals surface area contributed by atoms with Gasteiger partial charge in [-0.2, -0.15) is 13.2 Å². The second-order valence-corrected chi connectivity index (χ2v) is 6.80. The minimum Gasteiger partial charge on any atom is -0.463 e. The van der Waals surface area contributed by atoms with Crippen LogP contribution in [0.5, 0.6) is 0 Å². The summed E-state index contributed by atoms with van der Waals surface area (Å²) in [7, 11) is 0. The molecular weight excluding hydrogens is 375 g/mol. The summed E-state index contributed by atoms with van der Waals surface area (Å²) in [6.07, 6.45) is -2.99. The zero-order chi connectivity index (χ0) is 20.5. The first-order chi connectivity index (χ1) is 13.2. The number of fused-ring (bicyclic) bond motifs is 1. The van der Waals surface area contributed by atoms with Crippen molar-refractivity contribution in [3.63, 3.8) is 0 Å². The Hall–Kier alpha value is -2.71. The van der Waals surface area contributed by atoms with E-state index in [4.69, 9.17) is 4.74 Å². The number of halogens is 3. The molecule has 0 radical (unpaired) electrons. The molecule has 0 fully saturated rings. The van der Waals surface area contributed by atoms with Crippen molar-refractivity contribution in [2.45, 2.75) is 38.9 Å². The SMILES string of the molecule is CCOC(=O)C1=C(CN2CCCc3ccc(C(F)(F)F)cc32)NC(=O)N[C@@H]1C. The van der Waals surface area contributed by atoms with Crippen LogP contribution in [0.15, 0.2) is 29.5 Å². The summed E-state index contributed by atoms with van der Waals surface area (Å²) < 4.78 is 44.5. The number of hydrogen-bond acceptors (Lipinski definition) is 4. The number of amides is 2. The first-order valence-corrected chi connectivity index (χ1v) is 9.13. The molecular formula is C19H22F3N3O3. The zero-order valence-electron chi connectivity index (χ0n) is 15.7. The molecule has 2 aliphatic rings. The number of esters is 1. The van der Waals surface area contributed by atoms with E-state index in [-0.39, 0.29) is 18.7 Å². The Morgan fingerprint density at radius 3 is 2.79 bits per heavy atom. The zero-order valence-corrected chi connectivity index (χ0v) is 15.7. The van der Waals surface area contributed by atoms with Crippen LogP contribution in [0.2, 0.25) is 0 Å². The number of nitrogens with zero attached hydrogens (tertiary/aromatic N) is 1. The molecule has 2 amide bonds. The smallest absolute Gasteiger partial charge is 0.416 e. The number of carbonyl (C=O) groups is 2. The molecule has 0 aliphatic carbocycles. The predicted octanol–water partition coefficient (Wildman–Crippen LogP) is 2.98. The Labute approximate surface area is 160 Å². The maximum absolute atomic E-state index is 13.1. The quantitative estimate of drug-likeness (QED) is 0.767. The second-order valence-electron chi connectivity index (χ2n) is 6.80. The molecule has 2 heterocycles. The largest absolute Gasteiger partial charge is 0.463 e. The van der Waals surface area contributed by atoms with Gasteiger partial charge in [-0.1, -0.05) is 6.07 Å². The first-order valence-electron chi connectivity index (χ1n) is 9.13. The molecule has 0 unspecified atom stereocenters. The van der Waals surface area contributed by atoms with Gasteiger partial charge in [-0.15, -0.1) is 0 Å². The lowest BCUT2D eigenvalue weighted by Gasteiger charge is -2.35. The van der Waals surface area contributed by atoms with E-state index in [0.717, 1.165) is 24.1 Å². The van der Waals surface area contributed by atoms with E-state index in [2.05, 4.69) is 10.6 Å². The molecule has 3 rings (SSSR count). The summed E-state index contributed by atoms with van der Waals surface area (Å²) in [4.78, 5) is 26.0. The summed E-state index contributed by atoms with van der Waals surface area (Å²) in [5.74, 6) is -0.557. The van der Waals surface area contributed by atoms with E-state index < -0.39 is 29.8 Å². The van der Waals surface area contributed by atoms with Gasteiger partial charge in [0.05, 0.1) is 36.0 Å². The van der Waals surface area contributed by atoms with Crippen molar-refractivity contribution in [1.82, 2.24) is 10.6 Å². The fourth-order valence-electron chi connectivity index (χ4n) is 3.59. The number of nitrogens with one attached hydrogen (secondary N) is 2. The number of carbonyl (C=O) groups excluding carboxylic acids is 2. The third-order valence-electron chi connectivity index (χ3n) is 4.84. The van der Waals surface area contributed by atoms with Crippen molar-refractivity contribution in [3.8, 4) is 0 Å². The third kappa shape index (κ3) is 4.07. The minimum absolute atomic E-state index is 0.111. The lowest BCUT2D eigenvalue weighted by molar-refractivity contribution is -0.139. The van der Waals surface area contributed by atoms with Gasteiger partial charge < -0.3 is 20.3 Å². The number of anilines is 1. The summed E-state index contributed by atoms with van der Waals surface area (Å²) in [5, 5.41) is 5.23. The van der Waals surface area contributed by atoms with Gasteiger partial charge in [-0.3, -0.25) is 0 Å². The molecule has 0 aromatic heterocycles. The molecule has 1 aromatic rings. The highest BCUT2D eigenvalue weighted by Crippen LogP contribution is 2.36. The molecule has 0 saturated heterocycles. The minimum atomic E-state index is -4.44. The van der Waals surface area contributed by atoms with Crippen molar-refractivity contribution in [2.24, 2.45) is 0 Å². The number of urea groups is 1. The van der Waals surface area contributed by atoms with Crippen molar-refractivity contribution >= 4 is 17.7 Å². The fraction of sp³-hybridized carbons (Fsp3) is 0.474. The number of hydrogen-bond donors (Lipinski definition) is 2. The van der Waals surface area contributed by atoms with Crippen LogP contribution in [0.3, 0.4) is 0 Å². The second kappa shape index (κ2) is 7.73. The molecule has 6 nitrogen and oxygen atoms in total. The number of aryl methyl sites for hydroxylation is 1. The Morgan fingerprint density at radius 1 is 1.36 bits per heavy atom. The van der Waals surface area contributed by atoms with Crippen molar-refractivity contribution in [1.29, 1.82) is 0 Å². The molecule has 9 heteroatoms. The number of rotatable bonds is 4. The molecule has 1 atom stereocenters. The van der Waals surface area contributed by atoms with Gasteiger partial charge in [0, 0.05) is 12.2 Å². The van der Waals surface area contributed by atoms with Crippen molar-refractivity contribution in [3.05, 3.63) is 40.6 Å². The first kappa shape index (κ1) is 20.0. The Morgan fingerprint density at radius 2 is 2.11 bits per heavy atom. The van der Waals surface area contributed by atoms with Gasteiger partial charge in [-0.25, -0.2) is 9.59 Å². The van der Waals surface area contributed by atoms with Crippen LogP contribution in [0, 0.1) is 0 Å².